The van der Waals surface area contributed by atoms with Gasteiger partial charge in [0.1, 0.15) is 11.9 Å². The number of benzene rings is 2. The summed E-state index contributed by atoms with van der Waals surface area (Å²) in [5, 5.41) is 8.53. The van der Waals surface area contributed by atoms with Gasteiger partial charge in [-0.2, -0.15) is 5.26 Å². The third-order valence-electron chi connectivity index (χ3n) is 2.78. The molecular weight excluding hydrogens is 362 g/mol. The quantitative estimate of drug-likeness (QED) is 0.515. The maximum Gasteiger partial charge on any atom is 0.267 e. The van der Waals surface area contributed by atoms with Gasteiger partial charge in [0.25, 0.3) is 10.0 Å². The van der Waals surface area contributed by atoms with Gasteiger partial charge in [0.15, 0.2) is 28.2 Å². The van der Waals surface area contributed by atoms with E-state index in [-0.39, 0.29) is 0 Å². The molecule has 0 saturated carbocycles. The molecule has 0 saturated heterocycles. The Bertz CT molecular complexity index is 956. The molecule has 0 spiro atoms. The molecule has 2 aromatic carbocycles. The average Bonchev–Trinajstić information content (AvgIpc) is 2.50. The molecule has 126 valence electrons. The van der Waals surface area contributed by atoms with Crippen LogP contribution in [0.2, 0.25) is 0 Å². The number of nitrogens with one attached hydrogen (secondary N) is 1. The summed E-state index contributed by atoms with van der Waals surface area (Å²) in [5.74, 6) is -13.7. The van der Waals surface area contributed by atoms with Crippen LogP contribution in [0.4, 0.5) is 32.0 Å². The largest absolute Gasteiger partial charge is 0.279 e. The van der Waals surface area contributed by atoms with E-state index in [1.54, 1.807) is 0 Å². The number of sulfonamides is 1. The molecule has 2 rings (SSSR count). The van der Waals surface area contributed by atoms with Crippen molar-refractivity contribution in [3.05, 3.63) is 58.7 Å². The Hall–Kier alpha value is -2.74. The molecule has 0 unspecified atom stereocenters. The van der Waals surface area contributed by atoms with E-state index < -0.39 is 61.1 Å². The maximum atomic E-state index is 13.5. The molecule has 11 heteroatoms. The number of hydrogen-bond donors (Lipinski definition) is 1. The van der Waals surface area contributed by atoms with Crippen LogP contribution in [0.3, 0.4) is 0 Å². The summed E-state index contributed by atoms with van der Waals surface area (Å²) in [4.78, 5) is -2.11. The van der Waals surface area contributed by atoms with Crippen molar-refractivity contribution >= 4 is 15.7 Å². The zero-order chi connectivity index (χ0) is 18.2. The third-order valence-corrected chi connectivity index (χ3v) is 4.18. The molecule has 0 atom stereocenters. The second-order valence-electron chi connectivity index (χ2n) is 4.31. The molecule has 0 fully saturated rings. The van der Waals surface area contributed by atoms with Crippen LogP contribution in [-0.2, 0) is 10.0 Å². The van der Waals surface area contributed by atoms with Crippen molar-refractivity contribution < 1.29 is 34.8 Å². The Morgan fingerprint density at radius 2 is 1.38 bits per heavy atom. The molecule has 1 N–H and O–H groups in total. The molecule has 4 nitrogen and oxygen atoms in total. The molecule has 0 aliphatic heterocycles. The van der Waals surface area contributed by atoms with Crippen LogP contribution in [0, 0.1) is 46.2 Å². The molecule has 0 amide bonds. The van der Waals surface area contributed by atoms with Gasteiger partial charge in [0.05, 0.1) is 11.3 Å². The molecule has 0 aliphatic carbocycles. The summed E-state index contributed by atoms with van der Waals surface area (Å²) in [6.07, 6.45) is 0. The molecule has 0 aliphatic rings. The third kappa shape index (κ3) is 2.88. The summed E-state index contributed by atoms with van der Waals surface area (Å²) in [6, 6.07) is 3.66. The van der Waals surface area contributed by atoms with Crippen LogP contribution in [0.25, 0.3) is 0 Å². The van der Waals surface area contributed by atoms with Crippen molar-refractivity contribution in [2.75, 3.05) is 4.72 Å². The number of nitrogens with zero attached hydrogens (tertiary/aromatic N) is 1. The summed E-state index contributed by atoms with van der Waals surface area (Å²) in [5.41, 5.74) is -1.04. The average molecular weight is 366 g/mol. The van der Waals surface area contributed by atoms with Crippen molar-refractivity contribution in [1.29, 1.82) is 5.26 Å². The van der Waals surface area contributed by atoms with E-state index in [1.165, 1.54) is 10.8 Å². The number of halogens is 6. The van der Waals surface area contributed by atoms with Gasteiger partial charge in [-0.3, -0.25) is 4.72 Å². The highest BCUT2D eigenvalue weighted by Crippen LogP contribution is 2.28. The van der Waals surface area contributed by atoms with Gasteiger partial charge in [0.2, 0.25) is 5.82 Å². The Morgan fingerprint density at radius 1 is 0.875 bits per heavy atom. The normalized spacial score (nSPS) is 11.2. The van der Waals surface area contributed by atoms with E-state index in [9.17, 15) is 34.8 Å². The van der Waals surface area contributed by atoms with Crippen LogP contribution in [0.5, 0.6) is 0 Å². The van der Waals surface area contributed by atoms with Gasteiger partial charge in [-0.1, -0.05) is 0 Å². The lowest BCUT2D eigenvalue weighted by Gasteiger charge is -2.11. The maximum absolute atomic E-state index is 13.5. The predicted octanol–water partition coefficient (Wildman–Crippen LogP) is 3.19. The van der Waals surface area contributed by atoms with Gasteiger partial charge in [0, 0.05) is 0 Å². The number of rotatable bonds is 3. The van der Waals surface area contributed by atoms with E-state index >= 15 is 0 Å². The van der Waals surface area contributed by atoms with Crippen molar-refractivity contribution in [3.63, 3.8) is 0 Å². The lowest BCUT2D eigenvalue weighted by Crippen LogP contribution is -2.19. The minimum atomic E-state index is -5.27. The fourth-order valence-corrected chi connectivity index (χ4v) is 2.89. The lowest BCUT2D eigenvalue weighted by atomic mass is 10.2. The first-order valence-corrected chi connectivity index (χ1v) is 7.32. The monoisotopic (exact) mass is 366 g/mol. The number of anilines is 1. The zero-order valence-corrected chi connectivity index (χ0v) is 12.0. The lowest BCUT2D eigenvalue weighted by molar-refractivity contribution is 0.358. The highest BCUT2D eigenvalue weighted by atomic mass is 32.2. The van der Waals surface area contributed by atoms with Crippen LogP contribution < -0.4 is 4.72 Å². The predicted molar refractivity (Wildman–Crippen MR) is 68.2 cm³/mol. The van der Waals surface area contributed by atoms with Crippen LogP contribution in [-0.4, -0.2) is 8.42 Å². The van der Waals surface area contributed by atoms with E-state index in [2.05, 4.69) is 0 Å². The SMILES string of the molecule is N#Cc1ccc(NS(=O)(=O)c2c(F)c(F)c(F)c(F)c2F)cc1F. The minimum absolute atomic E-state index is 0.450. The fraction of sp³-hybridized carbons (Fsp3) is 0. The minimum Gasteiger partial charge on any atom is -0.279 e. The van der Waals surface area contributed by atoms with Gasteiger partial charge >= 0.3 is 0 Å². The first-order valence-electron chi connectivity index (χ1n) is 5.84. The topological polar surface area (TPSA) is 70.0 Å². The molecule has 0 aromatic heterocycles. The van der Waals surface area contributed by atoms with Gasteiger partial charge in [-0.05, 0) is 18.2 Å². The highest BCUT2D eigenvalue weighted by Gasteiger charge is 2.33. The number of nitriles is 1. The standard InChI is InChI=1S/C13H4F6N2O2S/c14-7-3-6(2-1-5(7)4-20)21-24(22,23)13-11(18)9(16)8(15)10(17)12(13)19/h1-3,21H. The Balaban J connectivity index is 2.57. The number of hydrogen-bond acceptors (Lipinski definition) is 3. The van der Waals surface area contributed by atoms with Crippen LogP contribution in [0.1, 0.15) is 5.56 Å². The molecule has 0 heterocycles. The second-order valence-corrected chi connectivity index (χ2v) is 5.93. The molecule has 0 bridgehead atoms. The second kappa shape index (κ2) is 6.04. The van der Waals surface area contributed by atoms with E-state index in [4.69, 9.17) is 5.26 Å². The molecule has 0 radical (unpaired) electrons. The molecule has 2 aromatic rings. The zero-order valence-electron chi connectivity index (χ0n) is 11.2. The smallest absolute Gasteiger partial charge is 0.267 e. The Morgan fingerprint density at radius 3 is 1.83 bits per heavy atom. The first-order chi connectivity index (χ1) is 11.1. The summed E-state index contributed by atoms with van der Waals surface area (Å²) >= 11 is 0. The van der Waals surface area contributed by atoms with Crippen molar-refractivity contribution in [3.8, 4) is 6.07 Å². The van der Waals surface area contributed by atoms with Crippen molar-refractivity contribution in [1.82, 2.24) is 0 Å². The summed E-state index contributed by atoms with van der Waals surface area (Å²) in [7, 11) is -5.27. The first kappa shape index (κ1) is 17.6. The van der Waals surface area contributed by atoms with Crippen molar-refractivity contribution in [2.24, 2.45) is 0 Å². The van der Waals surface area contributed by atoms with Gasteiger partial charge in [-0.15, -0.1) is 0 Å². The Labute approximate surface area is 131 Å². The van der Waals surface area contributed by atoms with Gasteiger partial charge < -0.3 is 0 Å². The van der Waals surface area contributed by atoms with E-state index in [1.807, 2.05) is 0 Å². The fourth-order valence-electron chi connectivity index (χ4n) is 1.70. The van der Waals surface area contributed by atoms with E-state index in [0.29, 0.717) is 6.07 Å². The summed E-state index contributed by atoms with van der Waals surface area (Å²) in [6.45, 7) is 0. The molecular formula is C13H4F6N2O2S. The molecule has 24 heavy (non-hydrogen) atoms. The summed E-state index contributed by atoms with van der Waals surface area (Å²) < 4.78 is 105. The Kier molecular flexibility index (Phi) is 4.44. The highest BCUT2D eigenvalue weighted by molar-refractivity contribution is 7.92. The van der Waals surface area contributed by atoms with E-state index in [0.717, 1.165) is 12.1 Å². The van der Waals surface area contributed by atoms with Crippen molar-refractivity contribution in [2.45, 2.75) is 4.90 Å². The van der Waals surface area contributed by atoms with Gasteiger partial charge in [-0.25, -0.2) is 34.8 Å². The van der Waals surface area contributed by atoms with Crippen LogP contribution in [0.15, 0.2) is 23.1 Å². The van der Waals surface area contributed by atoms with Crippen LogP contribution >= 0.6 is 0 Å².